The van der Waals surface area contributed by atoms with Gasteiger partial charge >= 0.3 is 0 Å². The Morgan fingerprint density at radius 3 is 2.94 bits per heavy atom. The Balaban J connectivity index is 2.04. The summed E-state index contributed by atoms with van der Waals surface area (Å²) < 4.78 is 5.31. The van der Waals surface area contributed by atoms with Gasteiger partial charge in [0.15, 0.2) is 5.65 Å². The van der Waals surface area contributed by atoms with Crippen LogP contribution < -0.4 is 5.73 Å². The molecule has 2 aromatic rings. The van der Waals surface area contributed by atoms with E-state index in [0.717, 1.165) is 24.2 Å². The summed E-state index contributed by atoms with van der Waals surface area (Å²) in [4.78, 5) is 15.6. The molecular formula is C10H13N5O. The van der Waals surface area contributed by atoms with Crippen molar-refractivity contribution in [3.8, 4) is 0 Å². The zero-order chi connectivity index (χ0) is 11.0. The fourth-order valence-electron chi connectivity index (χ4n) is 1.97. The third-order valence-corrected chi connectivity index (χ3v) is 3.02. The van der Waals surface area contributed by atoms with Crippen LogP contribution in [0.5, 0.6) is 0 Å². The van der Waals surface area contributed by atoms with Crippen molar-refractivity contribution in [1.82, 2.24) is 19.9 Å². The van der Waals surface area contributed by atoms with Crippen molar-refractivity contribution in [2.24, 2.45) is 5.73 Å². The molecule has 6 heteroatoms. The molecule has 3 heterocycles. The van der Waals surface area contributed by atoms with Gasteiger partial charge in [0.2, 0.25) is 0 Å². The molecule has 1 fully saturated rings. The number of nitrogens with two attached hydrogens (primary N) is 1. The molecule has 0 aromatic carbocycles. The van der Waals surface area contributed by atoms with Crippen LogP contribution in [0.15, 0.2) is 12.5 Å². The molecule has 16 heavy (non-hydrogen) atoms. The molecule has 1 saturated heterocycles. The first kappa shape index (κ1) is 9.68. The van der Waals surface area contributed by atoms with Crippen LogP contribution in [0.25, 0.3) is 11.2 Å². The second-order valence-corrected chi connectivity index (χ2v) is 4.11. The van der Waals surface area contributed by atoms with Crippen molar-refractivity contribution < 1.29 is 4.74 Å². The summed E-state index contributed by atoms with van der Waals surface area (Å²) in [5.41, 5.74) is 7.40. The summed E-state index contributed by atoms with van der Waals surface area (Å²) >= 11 is 0. The summed E-state index contributed by atoms with van der Waals surface area (Å²) in [6.07, 6.45) is 4.75. The highest BCUT2D eigenvalue weighted by Gasteiger charge is 2.33. The summed E-state index contributed by atoms with van der Waals surface area (Å²) in [6.45, 7) is 1.36. The molecule has 3 rings (SSSR count). The molecular weight excluding hydrogens is 206 g/mol. The SMILES string of the molecule is NC1(c2nc3ncncc3[nH]2)CCOCC1. The van der Waals surface area contributed by atoms with Gasteiger partial charge in [-0.2, -0.15) is 0 Å². The van der Waals surface area contributed by atoms with E-state index >= 15 is 0 Å². The first-order valence-electron chi connectivity index (χ1n) is 5.31. The summed E-state index contributed by atoms with van der Waals surface area (Å²) in [5, 5.41) is 0. The van der Waals surface area contributed by atoms with Crippen LogP contribution in [0.1, 0.15) is 18.7 Å². The van der Waals surface area contributed by atoms with Gasteiger partial charge < -0.3 is 15.5 Å². The Morgan fingerprint density at radius 2 is 2.19 bits per heavy atom. The van der Waals surface area contributed by atoms with E-state index in [0.29, 0.717) is 18.9 Å². The Hall–Kier alpha value is -1.53. The Morgan fingerprint density at radius 1 is 1.38 bits per heavy atom. The number of H-pyrrole nitrogens is 1. The fourth-order valence-corrected chi connectivity index (χ4v) is 1.97. The van der Waals surface area contributed by atoms with E-state index in [1.807, 2.05) is 0 Å². The van der Waals surface area contributed by atoms with Crippen molar-refractivity contribution >= 4 is 11.2 Å². The lowest BCUT2D eigenvalue weighted by Gasteiger charge is -2.31. The van der Waals surface area contributed by atoms with Gasteiger partial charge in [-0.3, -0.25) is 0 Å². The fraction of sp³-hybridized carbons (Fsp3) is 0.500. The van der Waals surface area contributed by atoms with Crippen LogP contribution in [-0.4, -0.2) is 33.1 Å². The lowest BCUT2D eigenvalue weighted by Crippen LogP contribution is -2.43. The van der Waals surface area contributed by atoms with E-state index < -0.39 is 5.54 Å². The van der Waals surface area contributed by atoms with Crippen molar-refractivity contribution in [3.63, 3.8) is 0 Å². The van der Waals surface area contributed by atoms with Crippen LogP contribution in [0.3, 0.4) is 0 Å². The molecule has 0 unspecified atom stereocenters. The lowest BCUT2D eigenvalue weighted by molar-refractivity contribution is 0.0496. The zero-order valence-electron chi connectivity index (χ0n) is 8.81. The van der Waals surface area contributed by atoms with E-state index in [2.05, 4.69) is 19.9 Å². The van der Waals surface area contributed by atoms with Gasteiger partial charge in [0.25, 0.3) is 0 Å². The first-order valence-corrected chi connectivity index (χ1v) is 5.31. The van der Waals surface area contributed by atoms with E-state index in [1.54, 1.807) is 6.20 Å². The number of nitrogens with one attached hydrogen (secondary N) is 1. The van der Waals surface area contributed by atoms with E-state index in [1.165, 1.54) is 6.33 Å². The highest BCUT2D eigenvalue weighted by atomic mass is 16.5. The molecule has 0 atom stereocenters. The third-order valence-electron chi connectivity index (χ3n) is 3.02. The number of imidazole rings is 1. The summed E-state index contributed by atoms with van der Waals surface area (Å²) in [5.74, 6) is 0.784. The first-order chi connectivity index (χ1) is 7.78. The molecule has 0 amide bonds. The second-order valence-electron chi connectivity index (χ2n) is 4.11. The molecule has 3 N–H and O–H groups in total. The summed E-state index contributed by atoms with van der Waals surface area (Å²) in [6, 6.07) is 0. The molecule has 0 saturated carbocycles. The van der Waals surface area contributed by atoms with E-state index in [4.69, 9.17) is 10.5 Å². The predicted molar refractivity (Wildman–Crippen MR) is 57.6 cm³/mol. The smallest absolute Gasteiger partial charge is 0.180 e. The standard InChI is InChI=1S/C10H13N5O/c11-10(1-3-16-4-2-10)9-14-7-5-12-6-13-8(7)15-9/h5-6H,1-4,11H2,(H,12,13,14,15). The average Bonchev–Trinajstić information content (AvgIpc) is 2.74. The minimum Gasteiger partial charge on any atom is -0.381 e. The zero-order valence-corrected chi connectivity index (χ0v) is 8.81. The maximum Gasteiger partial charge on any atom is 0.180 e. The molecule has 0 bridgehead atoms. The number of aromatic amines is 1. The number of aromatic nitrogens is 4. The Kier molecular flexibility index (Phi) is 2.12. The highest BCUT2D eigenvalue weighted by molar-refractivity contribution is 5.69. The maximum atomic E-state index is 6.32. The van der Waals surface area contributed by atoms with Crippen molar-refractivity contribution in [2.75, 3.05) is 13.2 Å². The van der Waals surface area contributed by atoms with Crippen LogP contribution in [-0.2, 0) is 10.3 Å². The molecule has 0 spiro atoms. The normalized spacial score (nSPS) is 20.1. The molecule has 0 aliphatic carbocycles. The second kappa shape index (κ2) is 3.50. The number of hydrogen-bond acceptors (Lipinski definition) is 5. The van der Waals surface area contributed by atoms with Crippen LogP contribution in [0.2, 0.25) is 0 Å². The molecule has 2 aromatic heterocycles. The van der Waals surface area contributed by atoms with Gasteiger partial charge in [0.05, 0.1) is 11.7 Å². The van der Waals surface area contributed by atoms with Gasteiger partial charge in [0, 0.05) is 13.2 Å². The number of fused-ring (bicyclic) bond motifs is 1. The number of hydrogen-bond donors (Lipinski definition) is 2. The number of nitrogens with zero attached hydrogens (tertiary/aromatic N) is 3. The molecule has 0 radical (unpaired) electrons. The van der Waals surface area contributed by atoms with Crippen LogP contribution in [0, 0.1) is 0 Å². The quantitative estimate of drug-likeness (QED) is 0.720. The Labute approximate surface area is 92.3 Å². The largest absolute Gasteiger partial charge is 0.381 e. The van der Waals surface area contributed by atoms with Crippen molar-refractivity contribution in [3.05, 3.63) is 18.3 Å². The molecule has 84 valence electrons. The number of ether oxygens (including phenoxy) is 1. The summed E-state index contributed by atoms with van der Waals surface area (Å²) in [7, 11) is 0. The van der Waals surface area contributed by atoms with Crippen molar-refractivity contribution in [2.45, 2.75) is 18.4 Å². The van der Waals surface area contributed by atoms with Gasteiger partial charge in [0.1, 0.15) is 17.7 Å². The molecule has 1 aliphatic rings. The van der Waals surface area contributed by atoms with Gasteiger partial charge in [-0.15, -0.1) is 0 Å². The maximum absolute atomic E-state index is 6.32. The van der Waals surface area contributed by atoms with Gasteiger partial charge in [-0.1, -0.05) is 0 Å². The highest BCUT2D eigenvalue weighted by Crippen LogP contribution is 2.28. The van der Waals surface area contributed by atoms with Crippen molar-refractivity contribution in [1.29, 1.82) is 0 Å². The minimum absolute atomic E-state index is 0.418. The predicted octanol–water partition coefficient (Wildman–Crippen LogP) is 0.317. The van der Waals surface area contributed by atoms with Crippen LogP contribution in [0.4, 0.5) is 0 Å². The third kappa shape index (κ3) is 1.46. The van der Waals surface area contributed by atoms with Gasteiger partial charge in [-0.25, -0.2) is 15.0 Å². The van der Waals surface area contributed by atoms with Gasteiger partial charge in [-0.05, 0) is 12.8 Å². The topological polar surface area (TPSA) is 89.7 Å². The number of rotatable bonds is 1. The molecule has 6 nitrogen and oxygen atoms in total. The van der Waals surface area contributed by atoms with Crippen LogP contribution >= 0.6 is 0 Å². The van der Waals surface area contributed by atoms with E-state index in [-0.39, 0.29) is 0 Å². The average molecular weight is 219 g/mol. The molecule has 1 aliphatic heterocycles. The monoisotopic (exact) mass is 219 g/mol. The lowest BCUT2D eigenvalue weighted by atomic mass is 9.91. The Bertz CT molecular complexity index is 470. The minimum atomic E-state index is -0.418. The van der Waals surface area contributed by atoms with E-state index in [9.17, 15) is 0 Å².